The molecule has 2 rings (SSSR count). The van der Waals surface area contributed by atoms with E-state index in [9.17, 15) is 9.59 Å². The maximum atomic E-state index is 12.0. The number of thioether (sulfide) groups is 1. The second-order valence-corrected chi connectivity index (χ2v) is 5.73. The summed E-state index contributed by atoms with van der Waals surface area (Å²) in [6.45, 7) is 1.54. The molecule has 1 fully saturated rings. The summed E-state index contributed by atoms with van der Waals surface area (Å²) in [5, 5.41) is 2.92. The van der Waals surface area contributed by atoms with Crippen molar-refractivity contribution in [3.63, 3.8) is 0 Å². The molecule has 0 spiro atoms. The minimum atomic E-state index is 0.0391. The first kappa shape index (κ1) is 13.1. The van der Waals surface area contributed by atoms with Gasteiger partial charge in [0.1, 0.15) is 0 Å². The fraction of sp³-hybridized carbons (Fsp3) is 0.429. The molecule has 1 aromatic carbocycles. The van der Waals surface area contributed by atoms with Crippen LogP contribution in [0.1, 0.15) is 30.1 Å². The third kappa shape index (κ3) is 3.35. The van der Waals surface area contributed by atoms with E-state index in [4.69, 9.17) is 0 Å². The molecule has 0 atom stereocenters. The summed E-state index contributed by atoms with van der Waals surface area (Å²) in [6, 6.07) is 7.06. The zero-order valence-electron chi connectivity index (χ0n) is 10.4. The lowest BCUT2D eigenvalue weighted by Crippen LogP contribution is -2.26. The van der Waals surface area contributed by atoms with Crippen LogP contribution in [0.2, 0.25) is 0 Å². The maximum Gasteiger partial charge on any atom is 0.227 e. The van der Waals surface area contributed by atoms with E-state index in [2.05, 4.69) is 5.32 Å². The second kappa shape index (κ2) is 6.05. The van der Waals surface area contributed by atoms with Crippen LogP contribution in [-0.4, -0.2) is 23.2 Å². The first-order valence-corrected chi connectivity index (χ1v) is 7.32. The van der Waals surface area contributed by atoms with Crippen LogP contribution in [0.3, 0.4) is 0 Å². The van der Waals surface area contributed by atoms with Gasteiger partial charge in [0, 0.05) is 17.2 Å². The molecule has 0 aromatic heterocycles. The SMILES string of the molecule is CC(=O)c1ccc(NC(=O)C2CCSCC2)cc1. The minimum absolute atomic E-state index is 0.0391. The van der Waals surface area contributed by atoms with Crippen molar-refractivity contribution in [3.8, 4) is 0 Å². The van der Waals surface area contributed by atoms with Gasteiger partial charge in [0.05, 0.1) is 0 Å². The van der Waals surface area contributed by atoms with Gasteiger partial charge in [0.25, 0.3) is 0 Å². The molecule has 0 unspecified atom stereocenters. The lowest BCUT2D eigenvalue weighted by molar-refractivity contribution is -0.120. The summed E-state index contributed by atoms with van der Waals surface area (Å²) in [7, 11) is 0. The summed E-state index contributed by atoms with van der Waals surface area (Å²) < 4.78 is 0. The van der Waals surface area contributed by atoms with Crippen molar-refractivity contribution in [1.29, 1.82) is 0 Å². The number of hydrogen-bond donors (Lipinski definition) is 1. The molecule has 1 aliphatic rings. The van der Waals surface area contributed by atoms with E-state index in [-0.39, 0.29) is 17.6 Å². The van der Waals surface area contributed by atoms with E-state index < -0.39 is 0 Å². The summed E-state index contributed by atoms with van der Waals surface area (Å²) in [5.41, 5.74) is 1.44. The van der Waals surface area contributed by atoms with Crippen LogP contribution in [0.4, 0.5) is 5.69 Å². The second-order valence-electron chi connectivity index (χ2n) is 4.51. The van der Waals surface area contributed by atoms with Crippen molar-refractivity contribution < 1.29 is 9.59 Å². The predicted octanol–water partition coefficient (Wildman–Crippen LogP) is 2.97. The summed E-state index contributed by atoms with van der Waals surface area (Å²) >= 11 is 1.91. The van der Waals surface area contributed by atoms with E-state index in [1.54, 1.807) is 24.3 Å². The molecular weight excluding hydrogens is 246 g/mol. The quantitative estimate of drug-likeness (QED) is 0.853. The monoisotopic (exact) mass is 263 g/mol. The molecule has 1 heterocycles. The molecule has 0 radical (unpaired) electrons. The fourth-order valence-corrected chi connectivity index (χ4v) is 3.10. The maximum absolute atomic E-state index is 12.0. The Hall–Kier alpha value is -1.29. The number of hydrogen-bond acceptors (Lipinski definition) is 3. The van der Waals surface area contributed by atoms with Gasteiger partial charge in [0.15, 0.2) is 5.78 Å². The van der Waals surface area contributed by atoms with Gasteiger partial charge in [-0.3, -0.25) is 9.59 Å². The number of ketones is 1. The molecule has 1 aromatic rings. The van der Waals surface area contributed by atoms with Gasteiger partial charge in [-0.15, -0.1) is 0 Å². The van der Waals surface area contributed by atoms with Crippen LogP contribution >= 0.6 is 11.8 Å². The van der Waals surface area contributed by atoms with Gasteiger partial charge in [-0.25, -0.2) is 0 Å². The highest BCUT2D eigenvalue weighted by Crippen LogP contribution is 2.24. The number of Topliss-reactive ketones (excluding diaryl/α,β-unsaturated/α-hetero) is 1. The molecule has 1 aliphatic heterocycles. The number of benzene rings is 1. The van der Waals surface area contributed by atoms with Gasteiger partial charge in [-0.2, -0.15) is 11.8 Å². The van der Waals surface area contributed by atoms with E-state index in [1.807, 2.05) is 11.8 Å². The zero-order valence-corrected chi connectivity index (χ0v) is 11.3. The van der Waals surface area contributed by atoms with Crippen molar-refractivity contribution in [1.82, 2.24) is 0 Å². The minimum Gasteiger partial charge on any atom is -0.326 e. The topological polar surface area (TPSA) is 46.2 Å². The summed E-state index contributed by atoms with van der Waals surface area (Å²) in [5.74, 6) is 2.42. The molecule has 96 valence electrons. The van der Waals surface area contributed by atoms with Crippen molar-refractivity contribution in [2.75, 3.05) is 16.8 Å². The van der Waals surface area contributed by atoms with Crippen LogP contribution in [0.25, 0.3) is 0 Å². The Morgan fingerprint density at radius 3 is 2.33 bits per heavy atom. The Balaban J connectivity index is 1.96. The van der Waals surface area contributed by atoms with Crippen LogP contribution in [0, 0.1) is 5.92 Å². The molecule has 0 bridgehead atoms. The fourth-order valence-electron chi connectivity index (χ4n) is 1.99. The molecule has 18 heavy (non-hydrogen) atoms. The number of nitrogens with one attached hydrogen (secondary N) is 1. The molecule has 1 saturated heterocycles. The lowest BCUT2D eigenvalue weighted by atomic mass is 10.0. The molecule has 0 saturated carbocycles. The highest BCUT2D eigenvalue weighted by Gasteiger charge is 2.21. The average molecular weight is 263 g/mol. The van der Waals surface area contributed by atoms with E-state index in [0.717, 1.165) is 30.0 Å². The Bertz CT molecular complexity index is 436. The zero-order chi connectivity index (χ0) is 13.0. The third-order valence-electron chi connectivity index (χ3n) is 3.15. The smallest absolute Gasteiger partial charge is 0.227 e. The van der Waals surface area contributed by atoms with Crippen molar-refractivity contribution >= 4 is 29.1 Å². The van der Waals surface area contributed by atoms with Crippen molar-refractivity contribution in [3.05, 3.63) is 29.8 Å². The van der Waals surface area contributed by atoms with Crippen molar-refractivity contribution in [2.45, 2.75) is 19.8 Å². The van der Waals surface area contributed by atoms with E-state index >= 15 is 0 Å². The Labute approximate surface area is 111 Å². The van der Waals surface area contributed by atoms with E-state index in [1.165, 1.54) is 6.92 Å². The molecular formula is C14H17NO2S. The van der Waals surface area contributed by atoms with Crippen LogP contribution in [0.15, 0.2) is 24.3 Å². The van der Waals surface area contributed by atoms with Gasteiger partial charge in [-0.1, -0.05) is 0 Å². The van der Waals surface area contributed by atoms with Gasteiger partial charge < -0.3 is 5.32 Å². The first-order chi connectivity index (χ1) is 8.66. The van der Waals surface area contributed by atoms with E-state index in [0.29, 0.717) is 5.56 Å². The molecule has 1 amide bonds. The standard InChI is InChI=1S/C14H17NO2S/c1-10(16)11-2-4-13(5-3-11)15-14(17)12-6-8-18-9-7-12/h2-5,12H,6-9H2,1H3,(H,15,17). The van der Waals surface area contributed by atoms with Gasteiger partial charge in [-0.05, 0) is 55.5 Å². The molecule has 1 N–H and O–H groups in total. The van der Waals surface area contributed by atoms with Crippen LogP contribution in [0.5, 0.6) is 0 Å². The van der Waals surface area contributed by atoms with Crippen LogP contribution < -0.4 is 5.32 Å². The van der Waals surface area contributed by atoms with Gasteiger partial charge >= 0.3 is 0 Å². The Kier molecular flexibility index (Phi) is 4.42. The first-order valence-electron chi connectivity index (χ1n) is 6.16. The predicted molar refractivity (Wildman–Crippen MR) is 75.1 cm³/mol. The highest BCUT2D eigenvalue weighted by atomic mass is 32.2. The number of anilines is 1. The van der Waals surface area contributed by atoms with Crippen LogP contribution in [-0.2, 0) is 4.79 Å². The summed E-state index contributed by atoms with van der Waals surface area (Å²) in [6.07, 6.45) is 1.92. The normalized spacial score (nSPS) is 16.3. The highest BCUT2D eigenvalue weighted by molar-refractivity contribution is 7.99. The number of rotatable bonds is 3. The van der Waals surface area contributed by atoms with Crippen molar-refractivity contribution in [2.24, 2.45) is 5.92 Å². The average Bonchev–Trinajstić information content (AvgIpc) is 2.40. The number of carbonyl (C=O) groups is 2. The number of amides is 1. The Morgan fingerprint density at radius 1 is 1.17 bits per heavy atom. The third-order valence-corrected chi connectivity index (χ3v) is 4.20. The molecule has 4 heteroatoms. The molecule has 0 aliphatic carbocycles. The lowest BCUT2D eigenvalue weighted by Gasteiger charge is -2.20. The summed E-state index contributed by atoms with van der Waals surface area (Å²) in [4.78, 5) is 23.1. The Morgan fingerprint density at radius 2 is 1.78 bits per heavy atom. The van der Waals surface area contributed by atoms with Gasteiger partial charge in [0.2, 0.25) is 5.91 Å². The number of carbonyl (C=O) groups excluding carboxylic acids is 2. The molecule has 3 nitrogen and oxygen atoms in total. The largest absolute Gasteiger partial charge is 0.326 e.